The Morgan fingerprint density at radius 2 is 0.920 bits per heavy atom. The van der Waals surface area contributed by atoms with Crippen LogP contribution in [0.4, 0.5) is 0 Å². The van der Waals surface area contributed by atoms with E-state index in [9.17, 15) is 0 Å². The van der Waals surface area contributed by atoms with Crippen LogP contribution in [0, 0.1) is 0 Å². The molecule has 0 unspecified atom stereocenters. The quantitative estimate of drug-likeness (QED) is 0.180. The van der Waals surface area contributed by atoms with E-state index in [2.05, 4.69) is 27.1 Å². The van der Waals surface area contributed by atoms with Crippen LogP contribution in [0.25, 0.3) is 0 Å². The highest BCUT2D eigenvalue weighted by Gasteiger charge is 2.16. The minimum atomic E-state index is 0. The molecule has 0 aliphatic rings. The lowest BCUT2D eigenvalue weighted by molar-refractivity contribution is -0.898. The third kappa shape index (κ3) is 18.3. The Kier molecular flexibility index (Phi) is 21.6. The van der Waals surface area contributed by atoms with E-state index in [1.54, 1.807) is 0 Å². The highest BCUT2D eigenvalue weighted by Crippen LogP contribution is 2.14. The largest absolute Gasteiger partial charge is 1.00 e. The molecule has 0 N–H and O–H groups in total. The van der Waals surface area contributed by atoms with Crippen LogP contribution in [0.15, 0.2) is 25.3 Å². The molecule has 150 valence electrons. The van der Waals surface area contributed by atoms with Crippen LogP contribution < -0.4 is 12.4 Å². The molecule has 0 radical (unpaired) electrons. The third-order valence-corrected chi connectivity index (χ3v) is 5.19. The van der Waals surface area contributed by atoms with Crippen LogP contribution in [-0.2, 0) is 0 Å². The highest BCUT2D eigenvalue weighted by atomic mass is 35.5. The second-order valence-corrected chi connectivity index (χ2v) is 7.88. The van der Waals surface area contributed by atoms with Gasteiger partial charge in [-0.15, -0.1) is 0 Å². The van der Waals surface area contributed by atoms with Crippen molar-refractivity contribution in [3.05, 3.63) is 25.3 Å². The molecule has 0 saturated heterocycles. The van der Waals surface area contributed by atoms with Gasteiger partial charge in [-0.05, 0) is 25.0 Å². The van der Waals surface area contributed by atoms with Crippen molar-refractivity contribution in [2.45, 2.75) is 96.8 Å². The minimum absolute atomic E-state index is 0. The average molecular weight is 372 g/mol. The molecule has 2 heteroatoms. The number of hydrogen-bond donors (Lipinski definition) is 0. The Balaban J connectivity index is 0. The lowest BCUT2D eigenvalue weighted by atomic mass is 10.0. The summed E-state index contributed by atoms with van der Waals surface area (Å²) in [5.41, 5.74) is 0. The van der Waals surface area contributed by atoms with Gasteiger partial charge in [0.2, 0.25) is 0 Å². The standard InChI is InChI=1S/C23H46N.ClH/c1-5-8-9-10-11-12-13-14-15-16-17-18-19-20-23-24(4,21-6-2)22-7-3;/h6-7H,2-3,5,8-23H2,1,4H3;1H/q+1;/p-1. The SMILES string of the molecule is C=CC[N+](C)(CC=C)CCCCCCCCCCCCCCCC.[Cl-]. The Bertz CT molecular complexity index is 278. The zero-order valence-electron chi connectivity index (χ0n) is 17.4. The number of nitrogens with zero attached hydrogens (tertiary/aromatic N) is 1. The van der Waals surface area contributed by atoms with Crippen LogP contribution >= 0.6 is 0 Å². The molecule has 0 aromatic heterocycles. The first-order valence-electron chi connectivity index (χ1n) is 10.7. The summed E-state index contributed by atoms with van der Waals surface area (Å²) in [5.74, 6) is 0. The smallest absolute Gasteiger partial charge is 0.0971 e. The Morgan fingerprint density at radius 1 is 0.600 bits per heavy atom. The summed E-state index contributed by atoms with van der Waals surface area (Å²) in [6, 6.07) is 0. The van der Waals surface area contributed by atoms with Crippen LogP contribution in [0.1, 0.15) is 96.8 Å². The first-order chi connectivity index (χ1) is 11.7. The summed E-state index contributed by atoms with van der Waals surface area (Å²) in [6.07, 6.45) is 24.1. The number of hydrogen-bond acceptors (Lipinski definition) is 0. The zero-order chi connectivity index (χ0) is 17.9. The van der Waals surface area contributed by atoms with Gasteiger partial charge in [-0.1, -0.05) is 97.1 Å². The van der Waals surface area contributed by atoms with Crippen LogP contribution in [-0.4, -0.2) is 31.2 Å². The third-order valence-electron chi connectivity index (χ3n) is 5.19. The fourth-order valence-electron chi connectivity index (χ4n) is 3.57. The Hall–Kier alpha value is -0.270. The summed E-state index contributed by atoms with van der Waals surface area (Å²) in [4.78, 5) is 0. The fourth-order valence-corrected chi connectivity index (χ4v) is 3.57. The number of unbranched alkanes of at least 4 members (excludes halogenated alkanes) is 13. The summed E-state index contributed by atoms with van der Waals surface area (Å²) in [5, 5.41) is 0. The summed E-state index contributed by atoms with van der Waals surface area (Å²) >= 11 is 0. The molecule has 25 heavy (non-hydrogen) atoms. The Labute approximate surface area is 166 Å². The maximum atomic E-state index is 3.90. The van der Waals surface area contributed by atoms with Crippen molar-refractivity contribution in [3.63, 3.8) is 0 Å². The van der Waals surface area contributed by atoms with Gasteiger partial charge in [0, 0.05) is 0 Å². The number of quaternary nitrogens is 1. The van der Waals surface area contributed by atoms with Gasteiger partial charge in [0.15, 0.2) is 0 Å². The highest BCUT2D eigenvalue weighted by molar-refractivity contribution is 4.71. The molecule has 0 amide bonds. The maximum absolute atomic E-state index is 3.90. The van der Waals surface area contributed by atoms with Crippen LogP contribution in [0.3, 0.4) is 0 Å². The van der Waals surface area contributed by atoms with E-state index in [0.717, 1.165) is 17.6 Å². The molecule has 0 heterocycles. The van der Waals surface area contributed by atoms with Gasteiger partial charge in [-0.2, -0.15) is 0 Å². The van der Waals surface area contributed by atoms with Crippen molar-refractivity contribution in [1.82, 2.24) is 0 Å². The monoisotopic (exact) mass is 371 g/mol. The molecule has 0 spiro atoms. The second-order valence-electron chi connectivity index (χ2n) is 7.88. The van der Waals surface area contributed by atoms with Gasteiger partial charge >= 0.3 is 0 Å². The van der Waals surface area contributed by atoms with E-state index in [0.29, 0.717) is 0 Å². The second kappa shape index (κ2) is 20.0. The molecule has 0 fully saturated rings. The van der Waals surface area contributed by atoms with Gasteiger partial charge in [-0.25, -0.2) is 0 Å². The molecular formula is C23H46ClN. The predicted molar refractivity (Wildman–Crippen MR) is 111 cm³/mol. The van der Waals surface area contributed by atoms with Gasteiger partial charge in [0.1, 0.15) is 0 Å². The maximum Gasteiger partial charge on any atom is 0.0971 e. The van der Waals surface area contributed by atoms with Crippen LogP contribution in [0.2, 0.25) is 0 Å². The van der Waals surface area contributed by atoms with Gasteiger partial charge in [-0.3, -0.25) is 0 Å². The van der Waals surface area contributed by atoms with Crippen molar-refractivity contribution in [3.8, 4) is 0 Å². The van der Waals surface area contributed by atoms with E-state index in [4.69, 9.17) is 0 Å². The molecule has 0 aromatic carbocycles. The topological polar surface area (TPSA) is 0 Å². The summed E-state index contributed by atoms with van der Waals surface area (Å²) < 4.78 is 1.07. The first kappa shape index (κ1) is 27.0. The molecule has 0 atom stereocenters. The van der Waals surface area contributed by atoms with Crippen molar-refractivity contribution in [2.75, 3.05) is 26.7 Å². The number of halogens is 1. The first-order valence-corrected chi connectivity index (χ1v) is 10.7. The molecule has 0 bridgehead atoms. The lowest BCUT2D eigenvalue weighted by Gasteiger charge is -2.32. The van der Waals surface area contributed by atoms with Gasteiger partial charge < -0.3 is 16.9 Å². The van der Waals surface area contributed by atoms with Crippen molar-refractivity contribution in [1.29, 1.82) is 0 Å². The fraction of sp³-hybridized carbons (Fsp3) is 0.826. The number of likely N-dealkylation sites (N-methyl/N-ethyl adjacent to an activating group) is 1. The average Bonchev–Trinajstić information content (AvgIpc) is 2.55. The van der Waals surface area contributed by atoms with Gasteiger partial charge in [0.05, 0.1) is 26.7 Å². The van der Waals surface area contributed by atoms with Crippen LogP contribution in [0.5, 0.6) is 0 Å². The molecule has 0 saturated carbocycles. The zero-order valence-corrected chi connectivity index (χ0v) is 18.2. The van der Waals surface area contributed by atoms with Crippen molar-refractivity contribution < 1.29 is 16.9 Å². The summed E-state index contributed by atoms with van der Waals surface area (Å²) in [6.45, 7) is 13.5. The molecule has 0 aromatic rings. The molecular weight excluding hydrogens is 326 g/mol. The lowest BCUT2D eigenvalue weighted by Crippen LogP contribution is -3.00. The van der Waals surface area contributed by atoms with Crippen molar-refractivity contribution in [2.24, 2.45) is 0 Å². The van der Waals surface area contributed by atoms with E-state index >= 15 is 0 Å². The Morgan fingerprint density at radius 3 is 1.24 bits per heavy atom. The molecule has 0 rings (SSSR count). The predicted octanol–water partition coefficient (Wildman–Crippen LogP) is 4.29. The van der Waals surface area contributed by atoms with Gasteiger partial charge in [0.25, 0.3) is 0 Å². The minimum Gasteiger partial charge on any atom is -1.00 e. The van der Waals surface area contributed by atoms with E-state index in [1.165, 1.54) is 96.4 Å². The molecule has 1 nitrogen and oxygen atoms in total. The normalized spacial score (nSPS) is 11.1. The van der Waals surface area contributed by atoms with E-state index in [1.807, 2.05) is 12.2 Å². The van der Waals surface area contributed by atoms with Crippen molar-refractivity contribution >= 4 is 0 Å². The molecule has 0 aliphatic heterocycles. The summed E-state index contributed by atoms with van der Waals surface area (Å²) in [7, 11) is 2.33. The molecule has 0 aliphatic carbocycles. The van der Waals surface area contributed by atoms with E-state index < -0.39 is 0 Å². The van der Waals surface area contributed by atoms with E-state index in [-0.39, 0.29) is 12.4 Å². The number of rotatable bonds is 19.